The number of oxime groups is 2. The number of rotatable bonds is 16. The zero-order valence-corrected chi connectivity index (χ0v) is 42.4. The summed E-state index contributed by atoms with van der Waals surface area (Å²) in [5.41, 5.74) is 3.01. The van der Waals surface area contributed by atoms with Crippen LogP contribution in [-0.4, -0.2) is 114 Å². The van der Waals surface area contributed by atoms with Gasteiger partial charge in [0.1, 0.15) is 83.9 Å². The van der Waals surface area contributed by atoms with Crippen molar-refractivity contribution in [3.05, 3.63) is 67.4 Å². The van der Waals surface area contributed by atoms with E-state index in [1.54, 1.807) is 27.7 Å². The number of nitrogens with zero attached hydrogens (tertiary/aromatic N) is 2. The van der Waals surface area contributed by atoms with Gasteiger partial charge in [-0.1, -0.05) is 56.3 Å². The Balaban J connectivity index is 0.000000277. The lowest BCUT2D eigenvalue weighted by Gasteiger charge is -2.42. The number of fused-ring (bicyclic) bond motifs is 2. The van der Waals surface area contributed by atoms with E-state index in [0.29, 0.717) is 24.0 Å². The summed E-state index contributed by atoms with van der Waals surface area (Å²) in [7, 11) is 1.32. The monoisotopic (exact) mass is 1050 g/mol. The Labute approximate surface area is 429 Å². The third kappa shape index (κ3) is 13.2. The topological polar surface area (TPSA) is 317 Å². The number of amides is 2. The molecule has 2 aliphatic rings. The molecule has 2 fully saturated rings. The molecule has 0 spiro atoms. The summed E-state index contributed by atoms with van der Waals surface area (Å²) < 4.78 is 45.6. The fourth-order valence-corrected chi connectivity index (χ4v) is 8.31. The highest BCUT2D eigenvalue weighted by molar-refractivity contribution is 6.05. The van der Waals surface area contributed by atoms with Crippen molar-refractivity contribution in [2.45, 2.75) is 117 Å². The number of ether oxygens (including phenoxy) is 6. The van der Waals surface area contributed by atoms with Crippen LogP contribution >= 0.6 is 0 Å². The molecule has 2 aliphatic heterocycles. The maximum Gasteiger partial charge on any atom is 0.431 e. The number of benzene rings is 2. The van der Waals surface area contributed by atoms with Gasteiger partial charge < -0.3 is 67.4 Å². The molecule has 75 heavy (non-hydrogen) atoms. The van der Waals surface area contributed by atoms with E-state index in [-0.39, 0.29) is 86.6 Å². The number of terminal acetylenes is 3. The van der Waals surface area contributed by atoms with Crippen molar-refractivity contribution in [3.63, 3.8) is 0 Å². The summed E-state index contributed by atoms with van der Waals surface area (Å²) in [6.07, 6.45) is 8.13. The summed E-state index contributed by atoms with van der Waals surface area (Å²) in [4.78, 5) is 68.3. The first-order valence-electron chi connectivity index (χ1n) is 23.2. The number of hydrogen-bond donors (Lipinski definition) is 6. The highest BCUT2D eigenvalue weighted by atomic mass is 16.7. The molecule has 0 aliphatic carbocycles. The molecule has 2 saturated heterocycles. The largest absolute Gasteiger partial charge is 0.506 e. The molecule has 2 aromatic carbocycles. The van der Waals surface area contributed by atoms with Gasteiger partial charge in [-0.2, -0.15) is 11.0 Å². The van der Waals surface area contributed by atoms with Gasteiger partial charge >= 0.3 is 23.4 Å². The van der Waals surface area contributed by atoms with Gasteiger partial charge in [-0.3, -0.25) is 9.68 Å². The summed E-state index contributed by atoms with van der Waals surface area (Å²) in [5, 5.41) is 51.1. The molecular formula is C51H58N4O20. The number of carbonyl (C=O) groups excluding carboxylic acids is 2. The van der Waals surface area contributed by atoms with Gasteiger partial charge in [-0.05, 0) is 64.8 Å². The average Bonchev–Trinajstić information content (AvgIpc) is 3.37. The first-order valence-corrected chi connectivity index (χ1v) is 23.2. The Morgan fingerprint density at radius 3 is 1.61 bits per heavy atom. The van der Waals surface area contributed by atoms with Crippen LogP contribution in [0.2, 0.25) is 0 Å². The van der Waals surface area contributed by atoms with Gasteiger partial charge in [0.15, 0.2) is 12.2 Å². The van der Waals surface area contributed by atoms with Crippen molar-refractivity contribution >= 4 is 45.5 Å². The van der Waals surface area contributed by atoms with E-state index in [1.807, 2.05) is 25.4 Å². The van der Waals surface area contributed by atoms with Gasteiger partial charge in [0.25, 0.3) is 0 Å². The van der Waals surface area contributed by atoms with E-state index in [2.05, 4.69) is 37.3 Å². The highest BCUT2D eigenvalue weighted by Crippen LogP contribution is 2.39. The molecule has 0 bridgehead atoms. The van der Waals surface area contributed by atoms with Gasteiger partial charge in [-0.25, -0.2) is 19.2 Å². The third-order valence-corrected chi connectivity index (χ3v) is 12.1. The molecule has 6 N–H and O–H groups in total. The lowest BCUT2D eigenvalue weighted by atomic mass is 9.89. The van der Waals surface area contributed by atoms with Crippen molar-refractivity contribution in [2.24, 2.45) is 22.1 Å². The Kier molecular flexibility index (Phi) is 20.3. The summed E-state index contributed by atoms with van der Waals surface area (Å²) in [6, 6.07) is 6.01. The van der Waals surface area contributed by atoms with Crippen molar-refractivity contribution in [2.75, 3.05) is 20.3 Å². The summed E-state index contributed by atoms with van der Waals surface area (Å²) >= 11 is 0. The van der Waals surface area contributed by atoms with Gasteiger partial charge in [0, 0.05) is 23.0 Å². The average molecular weight is 1050 g/mol. The highest BCUT2D eigenvalue weighted by Gasteiger charge is 2.48. The first kappa shape index (κ1) is 57.9. The van der Waals surface area contributed by atoms with Gasteiger partial charge in [0.05, 0.1) is 34.4 Å². The standard InChI is InChI=1S/C26H28N2O10.C25H30N2O10/c1-7-12-34-28-26(32)38-23-20(29)13(4)17(8-2)35-25(23)36-18-11-10-16-21(30)19(15(6)27-33-9-3)24(31)37-22(16)14(18)5;1-7-11-33-27-25(31)37-22-12(3)16(8-2)34-24(20(22)29)35-17-10-9-15-19(28)18(14(5)26-32-6)23(30)36-21(15)13(17)4/h1,3,10-11,13,17,20,23,25,29-30H,8,12H2,2,4-6H3,(H,28,32);1,9-10,12,16,20,22,24,28-29H,8,11H2,2-6H3,(H,27,31)/b27-15+;26-14+/t13-,17-,20+,23+,25?;12-,16-,20+,22+,24?/m00/s1. The molecule has 6 rings (SSSR count). The van der Waals surface area contributed by atoms with Crippen molar-refractivity contribution in [1.82, 2.24) is 11.0 Å². The molecule has 0 saturated carbocycles. The molecule has 4 heterocycles. The summed E-state index contributed by atoms with van der Waals surface area (Å²) in [5.74, 6) is 3.32. The molecule has 4 aromatic rings. The minimum absolute atomic E-state index is 0.0166. The first-order chi connectivity index (χ1) is 35.8. The number of aliphatic hydroxyl groups is 2. The van der Waals surface area contributed by atoms with E-state index in [4.69, 9.17) is 66.2 Å². The second-order valence-electron chi connectivity index (χ2n) is 16.9. The molecular weight excluding hydrogens is 989 g/mol. The number of aromatic hydroxyl groups is 2. The second-order valence-corrected chi connectivity index (χ2v) is 16.9. The Hall–Kier alpha value is -8.02. The SMILES string of the molecule is C#CCONC(=O)O[C@@H]1[C@@H](C)[C@H](CC)OC(Oc2ccc3c(O)c(/C(C)=N/OC)c(=O)oc3c2C)[C@@H]1O.C#CCONC(=O)O[C@H]1C(Oc2ccc3c(O)c(/C(C)=N/OC#C)c(=O)oc3c2C)O[C@@H](CC)[C@H](C)[C@H]1O. The minimum Gasteiger partial charge on any atom is -0.506 e. The Morgan fingerprint density at radius 1 is 0.693 bits per heavy atom. The van der Waals surface area contributed by atoms with E-state index in [1.165, 1.54) is 45.2 Å². The van der Waals surface area contributed by atoms with Crippen LogP contribution in [0.1, 0.15) is 76.6 Å². The van der Waals surface area contributed by atoms with Crippen LogP contribution in [-0.2, 0) is 38.3 Å². The van der Waals surface area contributed by atoms with Crippen molar-refractivity contribution < 1.29 is 86.6 Å². The van der Waals surface area contributed by atoms with Gasteiger partial charge in [0.2, 0.25) is 12.6 Å². The molecule has 2 aromatic heterocycles. The van der Waals surface area contributed by atoms with Crippen LogP contribution in [0, 0.1) is 62.9 Å². The second kappa shape index (κ2) is 26.3. The van der Waals surface area contributed by atoms with Crippen LogP contribution in [0.25, 0.3) is 21.9 Å². The molecule has 10 atom stereocenters. The number of aliphatic hydroxyl groups excluding tert-OH is 2. The number of hydrogen-bond acceptors (Lipinski definition) is 22. The lowest BCUT2D eigenvalue weighted by Crippen LogP contribution is -2.57. The lowest BCUT2D eigenvalue weighted by molar-refractivity contribution is -0.256. The number of hydroxylamine groups is 2. The Bertz CT molecular complexity index is 3020. The van der Waals surface area contributed by atoms with Crippen LogP contribution in [0.4, 0.5) is 9.59 Å². The molecule has 2 amide bonds. The quantitative estimate of drug-likeness (QED) is 0.0292. The smallest absolute Gasteiger partial charge is 0.431 e. The number of nitrogens with one attached hydrogen (secondary N) is 2. The van der Waals surface area contributed by atoms with Crippen LogP contribution in [0.3, 0.4) is 0 Å². The minimum atomic E-state index is -1.37. The van der Waals surface area contributed by atoms with Crippen molar-refractivity contribution in [3.8, 4) is 60.2 Å². The molecule has 0 radical (unpaired) electrons. The molecule has 24 nitrogen and oxygen atoms in total. The summed E-state index contributed by atoms with van der Waals surface area (Å²) in [6.45, 7) is 13.1. The van der Waals surface area contributed by atoms with Crippen LogP contribution in [0.15, 0.2) is 53.0 Å². The maximum atomic E-state index is 12.7. The van der Waals surface area contributed by atoms with E-state index in [9.17, 15) is 39.6 Å². The normalized spacial score (nSPS) is 23.5. The van der Waals surface area contributed by atoms with E-state index in [0.717, 1.165) is 0 Å². The maximum absolute atomic E-state index is 12.7. The Morgan fingerprint density at radius 2 is 1.15 bits per heavy atom. The fourth-order valence-electron chi connectivity index (χ4n) is 8.31. The van der Waals surface area contributed by atoms with Crippen molar-refractivity contribution in [1.29, 1.82) is 0 Å². The third-order valence-electron chi connectivity index (χ3n) is 12.1. The van der Waals surface area contributed by atoms with E-state index >= 15 is 0 Å². The van der Waals surface area contributed by atoms with Gasteiger partial charge in [-0.15, -0.1) is 12.8 Å². The zero-order valence-electron chi connectivity index (χ0n) is 42.4. The molecule has 402 valence electrons. The number of carbonyl (C=O) groups is 2. The zero-order chi connectivity index (χ0) is 55.3. The molecule has 2 unspecified atom stereocenters. The number of aryl methyl sites for hydroxylation is 2. The predicted octanol–water partition coefficient (Wildman–Crippen LogP) is 4.66. The van der Waals surface area contributed by atoms with Crippen LogP contribution < -0.4 is 31.7 Å². The predicted molar refractivity (Wildman–Crippen MR) is 265 cm³/mol. The van der Waals surface area contributed by atoms with E-state index < -0.39 is 78.6 Å². The molecule has 24 heteroatoms. The van der Waals surface area contributed by atoms with Crippen LogP contribution in [0.5, 0.6) is 23.0 Å². The fraction of sp³-hybridized carbons (Fsp3) is 0.451.